The lowest BCUT2D eigenvalue weighted by atomic mass is 10.1. The zero-order valence-corrected chi connectivity index (χ0v) is 16.2. The molecule has 4 rings (SSSR count). The molecule has 0 saturated heterocycles. The molecule has 1 atom stereocenters. The molecule has 3 aromatic heterocycles. The van der Waals surface area contributed by atoms with Crippen LogP contribution in [0.25, 0.3) is 22.2 Å². The number of hydrogen-bond donors (Lipinski definition) is 2. The molecule has 6 nitrogen and oxygen atoms in total. The maximum atomic E-state index is 12.5. The van der Waals surface area contributed by atoms with E-state index in [-0.39, 0.29) is 11.6 Å². The second-order valence-electron chi connectivity index (χ2n) is 6.55. The summed E-state index contributed by atoms with van der Waals surface area (Å²) in [5, 5.41) is 4.70. The average Bonchev–Trinajstić information content (AvgIpc) is 2.68. The first-order valence-corrected chi connectivity index (χ1v) is 9.23. The molecule has 0 fully saturated rings. The Balaban J connectivity index is 1.66. The van der Waals surface area contributed by atoms with E-state index in [0.29, 0.717) is 16.5 Å². The van der Waals surface area contributed by atoms with Gasteiger partial charge in [0.15, 0.2) is 0 Å². The molecule has 0 spiro atoms. The molecular weight excluding hydrogens is 374 g/mol. The zero-order chi connectivity index (χ0) is 19.7. The van der Waals surface area contributed by atoms with Gasteiger partial charge in [-0.05, 0) is 56.3 Å². The predicted octanol–water partition coefficient (Wildman–Crippen LogP) is 4.52. The smallest absolute Gasteiger partial charge is 0.253 e. The van der Waals surface area contributed by atoms with Gasteiger partial charge in [-0.25, -0.2) is 9.97 Å². The first-order chi connectivity index (χ1) is 13.5. The Kier molecular flexibility index (Phi) is 4.79. The number of nitrogens with zero attached hydrogens (tertiary/aromatic N) is 3. The number of anilines is 1. The van der Waals surface area contributed by atoms with Crippen molar-refractivity contribution >= 4 is 28.5 Å². The lowest BCUT2D eigenvalue weighted by molar-refractivity contribution is 0.845. The highest BCUT2D eigenvalue weighted by atomic mass is 35.5. The molecule has 2 N–H and O–H groups in total. The number of aryl methyl sites for hydroxylation is 1. The summed E-state index contributed by atoms with van der Waals surface area (Å²) in [7, 11) is 0. The van der Waals surface area contributed by atoms with Crippen LogP contribution in [0, 0.1) is 6.92 Å². The molecule has 7 heteroatoms. The monoisotopic (exact) mass is 391 g/mol. The van der Waals surface area contributed by atoms with Gasteiger partial charge in [-0.2, -0.15) is 0 Å². The normalized spacial score (nSPS) is 12.1. The van der Waals surface area contributed by atoms with Crippen LogP contribution in [0.3, 0.4) is 0 Å². The number of nitrogens with one attached hydrogen (secondary N) is 2. The van der Waals surface area contributed by atoms with E-state index in [9.17, 15) is 4.79 Å². The summed E-state index contributed by atoms with van der Waals surface area (Å²) in [5.41, 5.74) is 3.78. The molecule has 0 saturated carbocycles. The second-order valence-corrected chi connectivity index (χ2v) is 6.99. The maximum absolute atomic E-state index is 12.5. The summed E-state index contributed by atoms with van der Waals surface area (Å²) in [6.07, 6.45) is 3.44. The Labute approximate surface area is 166 Å². The van der Waals surface area contributed by atoms with Crippen molar-refractivity contribution in [1.82, 2.24) is 19.9 Å². The van der Waals surface area contributed by atoms with Gasteiger partial charge < -0.3 is 10.3 Å². The van der Waals surface area contributed by atoms with E-state index in [0.717, 1.165) is 27.9 Å². The number of aromatic amines is 1. The van der Waals surface area contributed by atoms with E-state index < -0.39 is 0 Å². The molecule has 0 bridgehead atoms. The Morgan fingerprint density at radius 2 is 1.96 bits per heavy atom. The van der Waals surface area contributed by atoms with Gasteiger partial charge in [0, 0.05) is 45.1 Å². The van der Waals surface area contributed by atoms with Crippen LogP contribution in [0.2, 0.25) is 5.02 Å². The summed E-state index contributed by atoms with van der Waals surface area (Å²) < 4.78 is 0. The highest BCUT2D eigenvalue weighted by Crippen LogP contribution is 2.23. The molecular formula is C21H18ClN5O. The van der Waals surface area contributed by atoms with E-state index in [1.807, 2.05) is 44.2 Å². The highest BCUT2D eigenvalue weighted by Gasteiger charge is 2.13. The van der Waals surface area contributed by atoms with E-state index in [2.05, 4.69) is 25.3 Å². The third-order valence-electron chi connectivity index (χ3n) is 4.59. The molecule has 0 aliphatic heterocycles. The Hall–Kier alpha value is -3.25. The topological polar surface area (TPSA) is 83.6 Å². The van der Waals surface area contributed by atoms with Crippen LogP contribution in [0.4, 0.5) is 5.95 Å². The fraction of sp³-hybridized carbons (Fsp3) is 0.143. The minimum absolute atomic E-state index is 0.158. The van der Waals surface area contributed by atoms with Gasteiger partial charge in [-0.3, -0.25) is 9.78 Å². The summed E-state index contributed by atoms with van der Waals surface area (Å²) in [5.74, 6) is 0.443. The third kappa shape index (κ3) is 3.59. The van der Waals surface area contributed by atoms with Crippen molar-refractivity contribution in [2.24, 2.45) is 0 Å². The van der Waals surface area contributed by atoms with E-state index >= 15 is 0 Å². The number of benzene rings is 1. The molecule has 0 aliphatic rings. The van der Waals surface area contributed by atoms with Gasteiger partial charge in [0.25, 0.3) is 5.56 Å². The number of aromatic nitrogens is 4. The molecule has 28 heavy (non-hydrogen) atoms. The van der Waals surface area contributed by atoms with Crippen LogP contribution in [0.1, 0.15) is 24.2 Å². The van der Waals surface area contributed by atoms with E-state index in [1.165, 1.54) is 0 Å². The lowest BCUT2D eigenvalue weighted by Gasteiger charge is -2.15. The first-order valence-electron chi connectivity index (χ1n) is 8.85. The van der Waals surface area contributed by atoms with Gasteiger partial charge in [0.1, 0.15) is 0 Å². The molecule has 0 amide bonds. The zero-order valence-electron chi connectivity index (χ0n) is 15.4. The van der Waals surface area contributed by atoms with Gasteiger partial charge in [-0.1, -0.05) is 11.6 Å². The summed E-state index contributed by atoms with van der Waals surface area (Å²) in [6.45, 7) is 3.83. The van der Waals surface area contributed by atoms with Crippen molar-refractivity contribution < 1.29 is 0 Å². The molecule has 140 valence electrons. The summed E-state index contributed by atoms with van der Waals surface area (Å²) in [4.78, 5) is 28.6. The van der Waals surface area contributed by atoms with Gasteiger partial charge in [0.05, 0.1) is 11.7 Å². The Bertz CT molecular complexity index is 1220. The third-order valence-corrected chi connectivity index (χ3v) is 4.82. The maximum Gasteiger partial charge on any atom is 0.253 e. The fourth-order valence-electron chi connectivity index (χ4n) is 3.12. The van der Waals surface area contributed by atoms with Gasteiger partial charge in [-0.15, -0.1) is 0 Å². The molecule has 1 unspecified atom stereocenters. The number of hydrogen-bond acceptors (Lipinski definition) is 5. The summed E-state index contributed by atoms with van der Waals surface area (Å²) >= 11 is 6.08. The summed E-state index contributed by atoms with van der Waals surface area (Å²) in [6, 6.07) is 12.6. The van der Waals surface area contributed by atoms with Crippen LogP contribution >= 0.6 is 11.6 Å². The predicted molar refractivity (Wildman–Crippen MR) is 112 cm³/mol. The first kappa shape index (κ1) is 18.1. The molecule has 0 radical (unpaired) electrons. The number of H-pyrrole nitrogens is 1. The van der Waals surface area contributed by atoms with Crippen LogP contribution in [-0.2, 0) is 0 Å². The van der Waals surface area contributed by atoms with Crippen LogP contribution < -0.4 is 10.9 Å². The molecule has 4 aromatic rings. The van der Waals surface area contributed by atoms with Crippen molar-refractivity contribution in [2.75, 3.05) is 5.32 Å². The number of halogens is 1. The fourth-order valence-corrected chi connectivity index (χ4v) is 3.30. The minimum atomic E-state index is -0.294. The van der Waals surface area contributed by atoms with Crippen molar-refractivity contribution in [3.8, 4) is 11.3 Å². The van der Waals surface area contributed by atoms with Crippen LogP contribution in [-0.4, -0.2) is 19.9 Å². The van der Waals surface area contributed by atoms with Gasteiger partial charge in [0.2, 0.25) is 5.95 Å². The Morgan fingerprint density at radius 3 is 2.79 bits per heavy atom. The average molecular weight is 392 g/mol. The number of rotatable bonds is 4. The molecule has 3 heterocycles. The number of fused-ring (bicyclic) bond motifs is 1. The van der Waals surface area contributed by atoms with E-state index in [1.54, 1.807) is 24.5 Å². The molecule has 0 aliphatic carbocycles. The van der Waals surface area contributed by atoms with Crippen LogP contribution in [0.5, 0.6) is 0 Å². The highest BCUT2D eigenvalue weighted by molar-refractivity contribution is 6.31. The minimum Gasteiger partial charge on any atom is -0.347 e. The van der Waals surface area contributed by atoms with Gasteiger partial charge >= 0.3 is 0 Å². The lowest BCUT2D eigenvalue weighted by Crippen LogP contribution is -2.20. The molecule has 1 aromatic carbocycles. The van der Waals surface area contributed by atoms with Crippen molar-refractivity contribution in [3.63, 3.8) is 0 Å². The quantitative estimate of drug-likeness (QED) is 0.534. The van der Waals surface area contributed by atoms with Crippen molar-refractivity contribution in [1.29, 1.82) is 0 Å². The van der Waals surface area contributed by atoms with Crippen LogP contribution in [0.15, 0.2) is 59.7 Å². The largest absolute Gasteiger partial charge is 0.347 e. The Morgan fingerprint density at radius 1 is 1.11 bits per heavy atom. The van der Waals surface area contributed by atoms with Crippen molar-refractivity contribution in [2.45, 2.75) is 19.9 Å². The second kappa shape index (κ2) is 7.40. The standard InChI is InChI=1S/C21H18ClN5O/c1-12-16(4-3-8-23-12)19-7-9-24-21(27-19)25-13(2)17-11-14-10-15(22)5-6-18(14)26-20(17)28/h3-11,13H,1-2H3,(H,26,28)(H,24,25,27). The van der Waals surface area contributed by atoms with Crippen molar-refractivity contribution in [3.05, 3.63) is 81.5 Å². The van der Waals surface area contributed by atoms with E-state index in [4.69, 9.17) is 11.6 Å². The number of pyridine rings is 2. The SMILES string of the molecule is Cc1ncccc1-c1ccnc(NC(C)c2cc3cc(Cl)ccc3[nH]c2=O)n1.